The molecule has 0 aliphatic carbocycles. The van der Waals surface area contributed by atoms with E-state index in [2.05, 4.69) is 65.7 Å². The van der Waals surface area contributed by atoms with Gasteiger partial charge in [-0.05, 0) is 37.8 Å². The first-order chi connectivity index (χ1) is 21.9. The molecule has 2 rings (SSSR count). The highest BCUT2D eigenvalue weighted by Crippen LogP contribution is 2.19. The number of hydrogen-bond donors (Lipinski definition) is 0. The fourth-order valence-corrected chi connectivity index (χ4v) is 6.88. The molecule has 0 saturated heterocycles. The Hall–Kier alpha value is -1.57. The van der Waals surface area contributed by atoms with Crippen molar-refractivity contribution in [3.05, 3.63) is 42.7 Å². The number of aromatic nitrogens is 2. The molecule has 2 heteroatoms. The van der Waals surface area contributed by atoms with Gasteiger partial charge in [0.2, 0.25) is 0 Å². The summed E-state index contributed by atoms with van der Waals surface area (Å²) in [7, 11) is 0. The van der Waals surface area contributed by atoms with Crippen LogP contribution in [0.4, 0.5) is 0 Å². The van der Waals surface area contributed by atoms with E-state index in [4.69, 9.17) is 0 Å². The van der Waals surface area contributed by atoms with E-state index in [0.29, 0.717) is 0 Å². The molecular formula is C42H75N2+. The number of imidazole rings is 1. The average Bonchev–Trinajstić information content (AvgIpc) is 3.45. The molecule has 0 aliphatic heterocycles. The van der Waals surface area contributed by atoms with Crippen molar-refractivity contribution < 1.29 is 4.57 Å². The summed E-state index contributed by atoms with van der Waals surface area (Å²) >= 11 is 0. The lowest BCUT2D eigenvalue weighted by atomic mass is 10.0. The molecular weight excluding hydrogens is 532 g/mol. The summed E-state index contributed by atoms with van der Waals surface area (Å²) in [6, 6.07) is 11.1. The summed E-state index contributed by atoms with van der Waals surface area (Å²) in [6.07, 6.45) is 46.0. The molecule has 0 amide bonds. The SMILES string of the molecule is CCCCCCCCCCCCCCCCCCn1cc[n+](CCCCCCCCCCCCCCC)c1-c1ccccc1. The van der Waals surface area contributed by atoms with Crippen LogP contribution in [0.2, 0.25) is 0 Å². The molecule has 0 atom stereocenters. The first-order valence-electron chi connectivity index (χ1n) is 20.0. The first kappa shape index (κ1) is 38.6. The van der Waals surface area contributed by atoms with E-state index in [1.165, 1.54) is 198 Å². The molecule has 0 radical (unpaired) electrons. The number of unbranched alkanes of at least 4 members (excludes halogenated alkanes) is 27. The minimum Gasteiger partial charge on any atom is -0.230 e. The molecule has 1 aromatic heterocycles. The second-order valence-electron chi connectivity index (χ2n) is 13.9. The van der Waals surface area contributed by atoms with E-state index in [1.807, 2.05) is 0 Å². The number of aryl methyl sites for hydroxylation is 2. The maximum Gasteiger partial charge on any atom is 0.288 e. The largest absolute Gasteiger partial charge is 0.288 e. The van der Waals surface area contributed by atoms with Crippen LogP contribution in [0.15, 0.2) is 42.7 Å². The molecule has 0 N–H and O–H groups in total. The summed E-state index contributed by atoms with van der Waals surface area (Å²) in [5.41, 5.74) is 1.36. The summed E-state index contributed by atoms with van der Waals surface area (Å²) in [6.45, 7) is 6.91. The highest BCUT2D eigenvalue weighted by Gasteiger charge is 2.18. The van der Waals surface area contributed by atoms with Gasteiger partial charge in [0.1, 0.15) is 12.4 Å². The van der Waals surface area contributed by atoms with Crippen LogP contribution >= 0.6 is 0 Å². The lowest BCUT2D eigenvalue weighted by Crippen LogP contribution is -2.34. The van der Waals surface area contributed by atoms with Gasteiger partial charge in [0.15, 0.2) is 0 Å². The molecule has 1 heterocycles. The lowest BCUT2D eigenvalue weighted by Gasteiger charge is -2.07. The summed E-state index contributed by atoms with van der Waals surface area (Å²) < 4.78 is 5.06. The molecule has 0 spiro atoms. The third-order valence-corrected chi connectivity index (χ3v) is 9.76. The van der Waals surface area contributed by atoms with E-state index in [-0.39, 0.29) is 0 Å². The molecule has 252 valence electrons. The van der Waals surface area contributed by atoms with Gasteiger partial charge in [0, 0.05) is 0 Å². The Kier molecular flexibility index (Phi) is 25.3. The Labute approximate surface area is 275 Å². The van der Waals surface area contributed by atoms with Crippen molar-refractivity contribution in [1.29, 1.82) is 0 Å². The van der Waals surface area contributed by atoms with Crippen molar-refractivity contribution in [3.8, 4) is 11.4 Å². The smallest absolute Gasteiger partial charge is 0.230 e. The fraction of sp³-hybridized carbons (Fsp3) is 0.786. The topological polar surface area (TPSA) is 8.81 Å². The predicted molar refractivity (Wildman–Crippen MR) is 195 cm³/mol. The zero-order chi connectivity index (χ0) is 31.2. The number of rotatable bonds is 32. The summed E-state index contributed by atoms with van der Waals surface area (Å²) in [5.74, 6) is 1.41. The lowest BCUT2D eigenvalue weighted by molar-refractivity contribution is -0.686. The van der Waals surface area contributed by atoms with Crippen LogP contribution in [0.3, 0.4) is 0 Å². The van der Waals surface area contributed by atoms with Crippen LogP contribution < -0.4 is 4.57 Å². The van der Waals surface area contributed by atoms with Crippen LogP contribution in [0.5, 0.6) is 0 Å². The molecule has 44 heavy (non-hydrogen) atoms. The third-order valence-electron chi connectivity index (χ3n) is 9.76. The quantitative estimate of drug-likeness (QED) is 0.0578. The van der Waals surface area contributed by atoms with Crippen molar-refractivity contribution in [2.45, 2.75) is 213 Å². The van der Waals surface area contributed by atoms with E-state index >= 15 is 0 Å². The van der Waals surface area contributed by atoms with Gasteiger partial charge in [-0.1, -0.05) is 193 Å². The van der Waals surface area contributed by atoms with Crippen molar-refractivity contribution in [3.63, 3.8) is 0 Å². The normalized spacial score (nSPS) is 11.5. The molecule has 0 saturated carbocycles. The maximum absolute atomic E-state index is 2.53. The predicted octanol–water partition coefficient (Wildman–Crippen LogP) is 13.8. The molecule has 2 aromatic rings. The zero-order valence-electron chi connectivity index (χ0n) is 29.9. The van der Waals surface area contributed by atoms with Gasteiger partial charge in [-0.25, -0.2) is 9.13 Å². The van der Waals surface area contributed by atoms with Crippen LogP contribution in [0, 0.1) is 0 Å². The van der Waals surface area contributed by atoms with Crippen LogP contribution in [-0.4, -0.2) is 4.57 Å². The minimum atomic E-state index is 1.15. The highest BCUT2D eigenvalue weighted by molar-refractivity contribution is 5.52. The average molecular weight is 608 g/mol. The van der Waals surface area contributed by atoms with Crippen LogP contribution in [0.1, 0.15) is 200 Å². The molecule has 2 nitrogen and oxygen atoms in total. The zero-order valence-corrected chi connectivity index (χ0v) is 29.9. The Balaban J connectivity index is 1.54. The van der Waals surface area contributed by atoms with Crippen molar-refractivity contribution in [1.82, 2.24) is 4.57 Å². The summed E-state index contributed by atoms with van der Waals surface area (Å²) in [4.78, 5) is 0. The van der Waals surface area contributed by atoms with Gasteiger partial charge in [-0.15, -0.1) is 0 Å². The van der Waals surface area contributed by atoms with Gasteiger partial charge in [0.25, 0.3) is 5.82 Å². The maximum atomic E-state index is 2.53. The Morgan fingerprint density at radius 1 is 0.432 bits per heavy atom. The van der Waals surface area contributed by atoms with Crippen LogP contribution in [-0.2, 0) is 13.1 Å². The van der Waals surface area contributed by atoms with Crippen LogP contribution in [0.25, 0.3) is 11.4 Å². The second kappa shape index (κ2) is 28.9. The van der Waals surface area contributed by atoms with Gasteiger partial charge in [-0.2, -0.15) is 0 Å². The summed E-state index contributed by atoms with van der Waals surface area (Å²) in [5, 5.41) is 0. The number of nitrogens with zero attached hydrogens (tertiary/aromatic N) is 2. The van der Waals surface area contributed by atoms with E-state index in [1.54, 1.807) is 0 Å². The molecule has 0 unspecified atom stereocenters. The minimum absolute atomic E-state index is 1.15. The molecule has 1 aromatic carbocycles. The van der Waals surface area contributed by atoms with Crippen molar-refractivity contribution in [2.75, 3.05) is 0 Å². The van der Waals surface area contributed by atoms with Gasteiger partial charge < -0.3 is 0 Å². The Bertz CT molecular complexity index is 854. The first-order valence-corrected chi connectivity index (χ1v) is 20.0. The molecule has 0 aliphatic rings. The van der Waals surface area contributed by atoms with E-state index < -0.39 is 0 Å². The standard InChI is InChI=1S/C42H75N2/c1-3-5-7-9-11-13-15-17-18-19-21-23-25-27-29-34-38-44-40-39-43(42(44)41-35-31-30-32-36-41)37-33-28-26-24-22-20-16-14-12-10-8-6-4-2/h30-32,35-36,39-40H,3-29,33-34,37-38H2,1-2H3/q+1. The molecule has 0 bridgehead atoms. The number of benzene rings is 1. The molecule has 0 fully saturated rings. The second-order valence-corrected chi connectivity index (χ2v) is 13.9. The fourth-order valence-electron chi connectivity index (χ4n) is 6.88. The van der Waals surface area contributed by atoms with E-state index in [0.717, 1.165) is 13.1 Å². The van der Waals surface area contributed by atoms with Gasteiger partial charge >= 0.3 is 0 Å². The van der Waals surface area contributed by atoms with Crippen molar-refractivity contribution >= 4 is 0 Å². The number of hydrogen-bond acceptors (Lipinski definition) is 0. The monoisotopic (exact) mass is 608 g/mol. The van der Waals surface area contributed by atoms with Gasteiger partial charge in [0.05, 0.1) is 18.7 Å². The van der Waals surface area contributed by atoms with Gasteiger partial charge in [-0.3, -0.25) is 0 Å². The third kappa shape index (κ3) is 19.7. The Morgan fingerprint density at radius 2 is 0.795 bits per heavy atom. The Morgan fingerprint density at radius 3 is 1.20 bits per heavy atom. The van der Waals surface area contributed by atoms with E-state index in [9.17, 15) is 0 Å². The highest BCUT2D eigenvalue weighted by atomic mass is 15.1. The van der Waals surface area contributed by atoms with Crippen molar-refractivity contribution in [2.24, 2.45) is 0 Å².